The monoisotopic (exact) mass is 328 g/mol. The van der Waals surface area contributed by atoms with Gasteiger partial charge in [0.25, 0.3) is 0 Å². The van der Waals surface area contributed by atoms with Crippen molar-refractivity contribution in [2.24, 2.45) is 0 Å². The molecule has 2 N–H and O–H groups in total. The summed E-state index contributed by atoms with van der Waals surface area (Å²) < 4.78 is 10.6. The average molecular weight is 328 g/mol. The number of nitrogens with one attached hydrogen (secondary N) is 2. The second-order valence-electron chi connectivity index (χ2n) is 5.99. The lowest BCUT2D eigenvalue weighted by Gasteiger charge is -2.27. The number of urea groups is 1. The number of carbonyl (C=O) groups is 1. The van der Waals surface area contributed by atoms with E-state index in [4.69, 9.17) is 9.47 Å². The topological polar surface area (TPSA) is 59.6 Å². The van der Waals surface area contributed by atoms with E-state index in [1.54, 1.807) is 14.2 Å². The molecule has 2 aromatic carbocycles. The number of carbonyl (C=O) groups excluding carboxylic acids is 1. The molecule has 5 nitrogen and oxygen atoms in total. The van der Waals surface area contributed by atoms with Crippen LogP contribution in [0, 0.1) is 0 Å². The molecule has 0 heterocycles. The van der Waals surface area contributed by atoms with Gasteiger partial charge in [-0.1, -0.05) is 36.4 Å². The van der Waals surface area contributed by atoms with E-state index in [9.17, 15) is 4.79 Å². The van der Waals surface area contributed by atoms with Crippen LogP contribution in [0.25, 0.3) is 0 Å². The summed E-state index contributed by atoms with van der Waals surface area (Å²) in [6, 6.07) is 15.2. The van der Waals surface area contributed by atoms with E-state index in [1.165, 1.54) is 0 Å². The van der Waals surface area contributed by atoms with E-state index in [2.05, 4.69) is 10.6 Å². The van der Waals surface area contributed by atoms with Gasteiger partial charge >= 0.3 is 6.03 Å². The fraction of sp³-hybridized carbons (Fsp3) is 0.316. The molecule has 0 fully saturated rings. The quantitative estimate of drug-likeness (QED) is 0.854. The highest BCUT2D eigenvalue weighted by atomic mass is 16.5. The van der Waals surface area contributed by atoms with Gasteiger partial charge in [-0.05, 0) is 37.1 Å². The number of benzene rings is 2. The highest BCUT2D eigenvalue weighted by Gasteiger charge is 2.24. The first-order valence-electron chi connectivity index (χ1n) is 7.78. The molecule has 0 aliphatic carbocycles. The first kappa shape index (κ1) is 17.7. The van der Waals surface area contributed by atoms with Crippen molar-refractivity contribution >= 4 is 6.03 Å². The molecule has 0 aromatic heterocycles. The zero-order chi connectivity index (χ0) is 17.6. The highest BCUT2D eigenvalue weighted by molar-refractivity contribution is 5.75. The molecule has 2 rings (SSSR count). The molecule has 0 atom stereocenters. The predicted molar refractivity (Wildman–Crippen MR) is 94.4 cm³/mol. The number of ether oxygens (including phenoxy) is 2. The molecule has 2 aromatic rings. The number of hydrogen-bond donors (Lipinski definition) is 2. The molecule has 0 saturated carbocycles. The number of methoxy groups -OCH3 is 2. The first-order valence-corrected chi connectivity index (χ1v) is 7.78. The van der Waals surface area contributed by atoms with Crippen molar-refractivity contribution in [2.75, 3.05) is 14.2 Å². The van der Waals surface area contributed by atoms with Crippen LogP contribution in [0.5, 0.6) is 11.5 Å². The standard InChI is InChI=1S/C19H24N2O3/c1-19(2,15-10-11-16(23-3)17(12-15)24-4)21-18(22)20-13-14-8-6-5-7-9-14/h5-12H,13H2,1-4H3,(H2,20,21,22). The summed E-state index contributed by atoms with van der Waals surface area (Å²) in [6.07, 6.45) is 0. The molecule has 5 heteroatoms. The second-order valence-corrected chi connectivity index (χ2v) is 5.99. The van der Waals surface area contributed by atoms with Crippen molar-refractivity contribution < 1.29 is 14.3 Å². The zero-order valence-corrected chi connectivity index (χ0v) is 14.6. The van der Waals surface area contributed by atoms with E-state index in [1.807, 2.05) is 62.4 Å². The summed E-state index contributed by atoms with van der Waals surface area (Å²) in [7, 11) is 3.19. The van der Waals surface area contributed by atoms with Gasteiger partial charge in [-0.3, -0.25) is 0 Å². The fourth-order valence-corrected chi connectivity index (χ4v) is 2.40. The minimum Gasteiger partial charge on any atom is -0.493 e. The Morgan fingerprint density at radius 2 is 1.67 bits per heavy atom. The fourth-order valence-electron chi connectivity index (χ4n) is 2.40. The lowest BCUT2D eigenvalue weighted by atomic mass is 9.94. The van der Waals surface area contributed by atoms with Crippen molar-refractivity contribution in [3.63, 3.8) is 0 Å². The van der Waals surface area contributed by atoms with Crippen LogP contribution >= 0.6 is 0 Å². The molecule has 0 bridgehead atoms. The number of rotatable bonds is 6. The minimum absolute atomic E-state index is 0.223. The molecule has 24 heavy (non-hydrogen) atoms. The molecule has 0 aliphatic heterocycles. The number of hydrogen-bond acceptors (Lipinski definition) is 3. The average Bonchev–Trinajstić information content (AvgIpc) is 2.59. The lowest BCUT2D eigenvalue weighted by Crippen LogP contribution is -2.46. The minimum atomic E-state index is -0.555. The Morgan fingerprint density at radius 3 is 2.29 bits per heavy atom. The summed E-state index contributed by atoms with van der Waals surface area (Å²) in [6.45, 7) is 4.36. The van der Waals surface area contributed by atoms with Gasteiger partial charge in [0.1, 0.15) is 0 Å². The Hall–Kier alpha value is -2.69. The van der Waals surface area contributed by atoms with Crippen LogP contribution in [-0.4, -0.2) is 20.3 Å². The van der Waals surface area contributed by atoms with Gasteiger partial charge in [0.2, 0.25) is 0 Å². The Balaban J connectivity index is 2.03. The zero-order valence-electron chi connectivity index (χ0n) is 14.6. The number of amides is 2. The first-order chi connectivity index (χ1) is 11.5. The van der Waals surface area contributed by atoms with Crippen molar-refractivity contribution in [3.8, 4) is 11.5 Å². The van der Waals surface area contributed by atoms with E-state index in [-0.39, 0.29) is 6.03 Å². The normalized spacial score (nSPS) is 10.8. The molecule has 2 amide bonds. The van der Waals surface area contributed by atoms with Gasteiger partial charge < -0.3 is 20.1 Å². The summed E-state index contributed by atoms with van der Waals surface area (Å²) in [5.74, 6) is 1.29. The summed E-state index contributed by atoms with van der Waals surface area (Å²) in [5, 5.41) is 5.86. The molecule has 0 spiro atoms. The van der Waals surface area contributed by atoms with Gasteiger partial charge in [-0.25, -0.2) is 4.79 Å². The molecule has 0 saturated heterocycles. The Kier molecular flexibility index (Phi) is 5.68. The van der Waals surface area contributed by atoms with Crippen molar-refractivity contribution in [2.45, 2.75) is 25.9 Å². The molecular weight excluding hydrogens is 304 g/mol. The molecule has 0 aliphatic rings. The van der Waals surface area contributed by atoms with Crippen LogP contribution in [0.3, 0.4) is 0 Å². The maximum atomic E-state index is 12.2. The van der Waals surface area contributed by atoms with E-state index in [0.29, 0.717) is 18.0 Å². The highest BCUT2D eigenvalue weighted by Crippen LogP contribution is 2.31. The van der Waals surface area contributed by atoms with Crippen LogP contribution in [0.1, 0.15) is 25.0 Å². The molecular formula is C19H24N2O3. The van der Waals surface area contributed by atoms with Gasteiger partial charge in [-0.15, -0.1) is 0 Å². The maximum absolute atomic E-state index is 12.2. The summed E-state index contributed by atoms with van der Waals surface area (Å²) in [4.78, 5) is 12.2. The SMILES string of the molecule is COc1ccc(C(C)(C)NC(=O)NCc2ccccc2)cc1OC. The third-order valence-electron chi connectivity index (χ3n) is 3.83. The lowest BCUT2D eigenvalue weighted by molar-refractivity contribution is 0.229. The van der Waals surface area contributed by atoms with E-state index in [0.717, 1.165) is 11.1 Å². The Bertz CT molecular complexity index is 684. The molecule has 0 radical (unpaired) electrons. The van der Waals surface area contributed by atoms with Crippen molar-refractivity contribution in [1.29, 1.82) is 0 Å². The predicted octanol–water partition coefficient (Wildman–Crippen LogP) is 3.44. The van der Waals surface area contributed by atoms with Gasteiger partial charge in [0.05, 0.1) is 19.8 Å². The summed E-state index contributed by atoms with van der Waals surface area (Å²) in [5.41, 5.74) is 1.42. The molecule has 0 unspecified atom stereocenters. The van der Waals surface area contributed by atoms with E-state index >= 15 is 0 Å². The largest absolute Gasteiger partial charge is 0.493 e. The van der Waals surface area contributed by atoms with Crippen LogP contribution in [-0.2, 0) is 12.1 Å². The summed E-state index contributed by atoms with van der Waals surface area (Å²) >= 11 is 0. The van der Waals surface area contributed by atoms with Gasteiger partial charge in [0, 0.05) is 6.54 Å². The van der Waals surface area contributed by atoms with Gasteiger partial charge in [-0.2, -0.15) is 0 Å². The second kappa shape index (κ2) is 7.73. The van der Waals surface area contributed by atoms with Crippen LogP contribution < -0.4 is 20.1 Å². The van der Waals surface area contributed by atoms with Crippen molar-refractivity contribution in [3.05, 3.63) is 59.7 Å². The van der Waals surface area contributed by atoms with Gasteiger partial charge in [0.15, 0.2) is 11.5 Å². The smallest absolute Gasteiger partial charge is 0.315 e. The van der Waals surface area contributed by atoms with Crippen LogP contribution in [0.2, 0.25) is 0 Å². The maximum Gasteiger partial charge on any atom is 0.315 e. The third kappa shape index (κ3) is 4.41. The van der Waals surface area contributed by atoms with Crippen LogP contribution in [0.4, 0.5) is 4.79 Å². The molecule has 128 valence electrons. The van der Waals surface area contributed by atoms with E-state index < -0.39 is 5.54 Å². The van der Waals surface area contributed by atoms with Crippen LogP contribution in [0.15, 0.2) is 48.5 Å². The van der Waals surface area contributed by atoms with Crippen molar-refractivity contribution in [1.82, 2.24) is 10.6 Å². The Labute approximate surface area is 143 Å². The third-order valence-corrected chi connectivity index (χ3v) is 3.83. The Morgan fingerprint density at radius 1 is 1.00 bits per heavy atom.